The predicted octanol–water partition coefficient (Wildman–Crippen LogP) is 3.08. The molecule has 1 saturated heterocycles. The largest absolute Gasteiger partial charge is 0.496 e. The van der Waals surface area contributed by atoms with E-state index in [1.807, 2.05) is 18.2 Å². The molecule has 1 heterocycles. The highest BCUT2D eigenvalue weighted by molar-refractivity contribution is 6.30. The second kappa shape index (κ2) is 7.95. The number of halogens is 2. The van der Waals surface area contributed by atoms with Gasteiger partial charge in [-0.15, -0.1) is 12.4 Å². The molecule has 0 amide bonds. The van der Waals surface area contributed by atoms with Crippen LogP contribution in [0, 0.1) is 0 Å². The third-order valence-electron chi connectivity index (χ3n) is 3.64. The first-order valence-corrected chi connectivity index (χ1v) is 6.89. The van der Waals surface area contributed by atoms with Crippen molar-refractivity contribution in [3.05, 3.63) is 28.8 Å². The topological polar surface area (TPSA) is 38.5 Å². The first-order valence-electron chi connectivity index (χ1n) is 6.51. The highest BCUT2D eigenvalue weighted by Gasteiger charge is 2.22. The number of hydrogen-bond donors (Lipinski definition) is 1. The van der Waals surface area contributed by atoms with E-state index in [9.17, 15) is 0 Å². The van der Waals surface area contributed by atoms with Gasteiger partial charge in [0.2, 0.25) is 0 Å². The minimum Gasteiger partial charge on any atom is -0.496 e. The van der Waals surface area contributed by atoms with Crippen molar-refractivity contribution < 1.29 is 4.74 Å². The van der Waals surface area contributed by atoms with Gasteiger partial charge >= 0.3 is 0 Å². The smallest absolute Gasteiger partial charge is 0.123 e. The number of nitrogens with two attached hydrogens (primary N) is 1. The lowest BCUT2D eigenvalue weighted by molar-refractivity contribution is 0.143. The molecular formula is C14H22Cl2N2O. The van der Waals surface area contributed by atoms with Crippen molar-refractivity contribution in [1.82, 2.24) is 4.90 Å². The highest BCUT2D eigenvalue weighted by atomic mass is 35.5. The highest BCUT2D eigenvalue weighted by Crippen LogP contribution is 2.26. The normalized spacial score (nSPS) is 19.8. The van der Waals surface area contributed by atoms with E-state index in [2.05, 4.69) is 4.90 Å². The molecule has 5 heteroatoms. The number of rotatable bonds is 4. The van der Waals surface area contributed by atoms with Crippen molar-refractivity contribution >= 4 is 24.0 Å². The molecule has 1 unspecified atom stereocenters. The van der Waals surface area contributed by atoms with Crippen LogP contribution in [0.25, 0.3) is 0 Å². The lowest BCUT2D eigenvalue weighted by atomic mass is 10.0. The van der Waals surface area contributed by atoms with Crippen molar-refractivity contribution in [2.45, 2.75) is 31.8 Å². The predicted molar refractivity (Wildman–Crippen MR) is 82.4 cm³/mol. The fourth-order valence-electron chi connectivity index (χ4n) is 2.62. The average molecular weight is 305 g/mol. The van der Waals surface area contributed by atoms with Gasteiger partial charge in [0.15, 0.2) is 0 Å². The van der Waals surface area contributed by atoms with Crippen LogP contribution in [-0.4, -0.2) is 31.1 Å². The molecule has 1 atom stereocenters. The minimum absolute atomic E-state index is 0. The summed E-state index contributed by atoms with van der Waals surface area (Å²) in [5, 5.41) is 0.757. The fourth-order valence-corrected chi connectivity index (χ4v) is 2.82. The molecule has 2 rings (SSSR count). The van der Waals surface area contributed by atoms with E-state index in [1.165, 1.54) is 19.3 Å². The molecule has 0 spiro atoms. The van der Waals surface area contributed by atoms with Crippen LogP contribution in [0.15, 0.2) is 18.2 Å². The van der Waals surface area contributed by atoms with Gasteiger partial charge in [-0.1, -0.05) is 18.0 Å². The Hall–Kier alpha value is -0.480. The second-order valence-corrected chi connectivity index (χ2v) is 5.25. The van der Waals surface area contributed by atoms with Gasteiger partial charge in [-0.25, -0.2) is 0 Å². The molecule has 108 valence electrons. The molecule has 1 aliphatic rings. The van der Waals surface area contributed by atoms with Crippen LogP contribution >= 0.6 is 24.0 Å². The number of nitrogens with zero attached hydrogens (tertiary/aromatic N) is 1. The van der Waals surface area contributed by atoms with Crippen LogP contribution < -0.4 is 10.5 Å². The van der Waals surface area contributed by atoms with Crippen LogP contribution in [0.1, 0.15) is 24.8 Å². The zero-order valence-corrected chi connectivity index (χ0v) is 12.8. The Morgan fingerprint density at radius 2 is 2.21 bits per heavy atom. The van der Waals surface area contributed by atoms with E-state index in [0.29, 0.717) is 6.04 Å². The van der Waals surface area contributed by atoms with E-state index >= 15 is 0 Å². The van der Waals surface area contributed by atoms with Crippen LogP contribution in [0.2, 0.25) is 5.02 Å². The number of benzene rings is 1. The molecule has 0 radical (unpaired) electrons. The van der Waals surface area contributed by atoms with Crippen LogP contribution in [0.4, 0.5) is 0 Å². The summed E-state index contributed by atoms with van der Waals surface area (Å²) in [5.41, 5.74) is 6.99. The minimum atomic E-state index is 0. The summed E-state index contributed by atoms with van der Waals surface area (Å²) < 4.78 is 5.39. The molecule has 1 aliphatic heterocycles. The Balaban J connectivity index is 0.00000180. The summed E-state index contributed by atoms with van der Waals surface area (Å²) >= 11 is 6.06. The molecule has 1 fully saturated rings. The molecule has 1 aromatic rings. The molecule has 0 aliphatic carbocycles. The van der Waals surface area contributed by atoms with E-state index in [0.717, 1.165) is 36.0 Å². The maximum absolute atomic E-state index is 6.06. The van der Waals surface area contributed by atoms with Crippen LogP contribution in [0.5, 0.6) is 5.75 Å². The molecule has 0 saturated carbocycles. The Labute approximate surface area is 126 Å². The third-order valence-corrected chi connectivity index (χ3v) is 3.87. The standard InChI is InChI=1S/C14H21ClN2O.ClH/c1-18-14-6-5-12(15)8-11(14)10-17-7-3-2-4-13(17)9-16;/h5-6,8,13H,2-4,7,9-10,16H2,1H3;1H. The summed E-state index contributed by atoms with van der Waals surface area (Å²) in [6.45, 7) is 2.70. The monoisotopic (exact) mass is 304 g/mol. The van der Waals surface area contributed by atoms with Gasteiger partial charge < -0.3 is 10.5 Å². The molecule has 1 aromatic carbocycles. The van der Waals surface area contributed by atoms with E-state index in [4.69, 9.17) is 22.1 Å². The van der Waals surface area contributed by atoms with Crippen molar-refractivity contribution in [2.24, 2.45) is 5.73 Å². The SMILES string of the molecule is COc1ccc(Cl)cc1CN1CCCCC1CN.Cl. The average Bonchev–Trinajstić information content (AvgIpc) is 2.40. The van der Waals surface area contributed by atoms with Gasteiger partial charge in [-0.05, 0) is 37.6 Å². The summed E-state index contributed by atoms with van der Waals surface area (Å²) in [6.07, 6.45) is 3.73. The quantitative estimate of drug-likeness (QED) is 0.929. The molecule has 3 nitrogen and oxygen atoms in total. The van der Waals surface area contributed by atoms with Crippen LogP contribution in [-0.2, 0) is 6.54 Å². The lowest BCUT2D eigenvalue weighted by Crippen LogP contribution is -2.43. The zero-order chi connectivity index (χ0) is 13.0. The van der Waals surface area contributed by atoms with Gasteiger partial charge in [0, 0.05) is 29.7 Å². The molecule has 2 N–H and O–H groups in total. The molecule has 19 heavy (non-hydrogen) atoms. The third kappa shape index (κ3) is 4.25. The van der Waals surface area contributed by atoms with Crippen molar-refractivity contribution in [3.63, 3.8) is 0 Å². The van der Waals surface area contributed by atoms with E-state index in [1.54, 1.807) is 7.11 Å². The molecular weight excluding hydrogens is 283 g/mol. The number of hydrogen-bond acceptors (Lipinski definition) is 3. The Morgan fingerprint density at radius 1 is 1.42 bits per heavy atom. The van der Waals surface area contributed by atoms with Crippen molar-refractivity contribution in [3.8, 4) is 5.75 Å². The van der Waals surface area contributed by atoms with E-state index < -0.39 is 0 Å². The van der Waals surface area contributed by atoms with Gasteiger partial charge in [0.25, 0.3) is 0 Å². The van der Waals surface area contributed by atoms with Gasteiger partial charge in [-0.3, -0.25) is 4.90 Å². The van der Waals surface area contributed by atoms with Gasteiger partial charge in [-0.2, -0.15) is 0 Å². The first-order chi connectivity index (χ1) is 8.74. The van der Waals surface area contributed by atoms with E-state index in [-0.39, 0.29) is 12.4 Å². The Bertz CT molecular complexity index is 401. The fraction of sp³-hybridized carbons (Fsp3) is 0.571. The van der Waals surface area contributed by atoms with Crippen LogP contribution in [0.3, 0.4) is 0 Å². The maximum atomic E-state index is 6.06. The number of piperidine rings is 1. The Morgan fingerprint density at radius 3 is 2.89 bits per heavy atom. The van der Waals surface area contributed by atoms with Crippen molar-refractivity contribution in [2.75, 3.05) is 20.2 Å². The number of likely N-dealkylation sites (tertiary alicyclic amines) is 1. The first kappa shape index (κ1) is 16.6. The number of ether oxygens (including phenoxy) is 1. The maximum Gasteiger partial charge on any atom is 0.123 e. The summed E-state index contributed by atoms with van der Waals surface area (Å²) in [7, 11) is 1.70. The van der Waals surface area contributed by atoms with Gasteiger partial charge in [0.05, 0.1) is 7.11 Å². The summed E-state index contributed by atoms with van der Waals surface area (Å²) in [4.78, 5) is 2.44. The molecule has 0 bridgehead atoms. The zero-order valence-electron chi connectivity index (χ0n) is 11.3. The van der Waals surface area contributed by atoms with Gasteiger partial charge in [0.1, 0.15) is 5.75 Å². The summed E-state index contributed by atoms with van der Waals surface area (Å²) in [5.74, 6) is 0.903. The number of methoxy groups -OCH3 is 1. The second-order valence-electron chi connectivity index (χ2n) is 4.81. The summed E-state index contributed by atoms with van der Waals surface area (Å²) in [6, 6.07) is 6.27. The Kier molecular flexibility index (Phi) is 6.94. The van der Waals surface area contributed by atoms with Crippen molar-refractivity contribution in [1.29, 1.82) is 0 Å². The lowest BCUT2D eigenvalue weighted by Gasteiger charge is -2.35. The molecule has 0 aromatic heterocycles.